The maximum atomic E-state index is 9.09. The van der Waals surface area contributed by atoms with Crippen LogP contribution >= 0.6 is 0 Å². The molecule has 0 aromatic carbocycles. The summed E-state index contributed by atoms with van der Waals surface area (Å²) in [6.07, 6.45) is -0.772. The van der Waals surface area contributed by atoms with E-state index >= 15 is 0 Å². The molecular formula is C7H18N2O4. The van der Waals surface area contributed by atoms with Gasteiger partial charge in [-0.25, -0.2) is 0 Å². The molecule has 0 spiro atoms. The maximum Gasteiger partial charge on any atom is 0.0897 e. The first-order chi connectivity index (χ1) is 6.10. The smallest absolute Gasteiger partial charge is 0.0897 e. The molecule has 13 heavy (non-hydrogen) atoms. The second-order valence-corrected chi connectivity index (χ2v) is 2.83. The van der Waals surface area contributed by atoms with Crippen LogP contribution in [0.5, 0.6) is 0 Å². The minimum absolute atomic E-state index is 0.0893. The van der Waals surface area contributed by atoms with Crippen molar-refractivity contribution in [2.45, 2.75) is 13.0 Å². The van der Waals surface area contributed by atoms with Crippen molar-refractivity contribution in [3.8, 4) is 0 Å². The molecule has 0 aliphatic heterocycles. The SMILES string of the molecule is CCN(CCN(O)O)CC(O)CO. The number of aliphatic hydroxyl groups is 2. The van der Waals surface area contributed by atoms with Crippen LogP contribution in [-0.4, -0.2) is 69.6 Å². The first kappa shape index (κ1) is 12.8. The highest BCUT2D eigenvalue weighted by Crippen LogP contribution is 1.92. The Balaban J connectivity index is 3.62. The first-order valence-corrected chi connectivity index (χ1v) is 4.26. The quantitative estimate of drug-likeness (QED) is 0.378. The fraction of sp³-hybridized carbons (Fsp3) is 1.00. The van der Waals surface area contributed by atoms with E-state index in [1.807, 2.05) is 6.92 Å². The van der Waals surface area contributed by atoms with Gasteiger partial charge in [0.1, 0.15) is 0 Å². The van der Waals surface area contributed by atoms with Gasteiger partial charge in [0, 0.05) is 13.1 Å². The van der Waals surface area contributed by atoms with Gasteiger partial charge in [0.25, 0.3) is 0 Å². The third-order valence-electron chi connectivity index (χ3n) is 1.74. The molecular weight excluding hydrogens is 176 g/mol. The Morgan fingerprint density at radius 2 is 1.85 bits per heavy atom. The molecule has 0 aliphatic carbocycles. The molecule has 0 rings (SSSR count). The molecule has 0 heterocycles. The van der Waals surface area contributed by atoms with Crippen LogP contribution < -0.4 is 0 Å². The van der Waals surface area contributed by atoms with Crippen LogP contribution in [-0.2, 0) is 0 Å². The highest BCUT2D eigenvalue weighted by molar-refractivity contribution is 4.62. The summed E-state index contributed by atoms with van der Waals surface area (Å²) in [5.74, 6) is 0. The van der Waals surface area contributed by atoms with Gasteiger partial charge >= 0.3 is 0 Å². The Kier molecular flexibility index (Phi) is 7.06. The molecule has 0 aromatic rings. The number of rotatable bonds is 7. The molecule has 1 unspecified atom stereocenters. The molecule has 0 fully saturated rings. The van der Waals surface area contributed by atoms with E-state index in [-0.39, 0.29) is 18.4 Å². The van der Waals surface area contributed by atoms with E-state index in [0.29, 0.717) is 19.6 Å². The van der Waals surface area contributed by atoms with E-state index in [1.165, 1.54) is 0 Å². The summed E-state index contributed by atoms with van der Waals surface area (Å²) in [5, 5.41) is 34.6. The fourth-order valence-corrected chi connectivity index (χ4v) is 0.965. The monoisotopic (exact) mass is 194 g/mol. The van der Waals surface area contributed by atoms with E-state index < -0.39 is 6.10 Å². The average Bonchev–Trinajstić information content (AvgIpc) is 2.11. The molecule has 4 N–H and O–H groups in total. The lowest BCUT2D eigenvalue weighted by Crippen LogP contribution is -2.38. The van der Waals surface area contributed by atoms with Crippen molar-refractivity contribution >= 4 is 0 Å². The van der Waals surface area contributed by atoms with Gasteiger partial charge in [-0.2, -0.15) is 0 Å². The van der Waals surface area contributed by atoms with E-state index in [1.54, 1.807) is 4.90 Å². The number of hydroxylamine groups is 2. The molecule has 0 aromatic heterocycles. The molecule has 80 valence electrons. The van der Waals surface area contributed by atoms with Crippen molar-refractivity contribution in [2.75, 3.05) is 32.8 Å². The molecule has 6 heteroatoms. The standard InChI is InChI=1S/C7H18N2O4/c1-2-8(3-4-9(12)13)5-7(11)6-10/h7,10-13H,2-6H2,1H3. The van der Waals surface area contributed by atoms with Crippen LogP contribution in [0.3, 0.4) is 0 Å². The number of aliphatic hydroxyl groups excluding tert-OH is 2. The van der Waals surface area contributed by atoms with Crippen LogP contribution in [0, 0.1) is 0 Å². The lowest BCUT2D eigenvalue weighted by molar-refractivity contribution is -0.307. The molecule has 0 amide bonds. The highest BCUT2D eigenvalue weighted by atomic mass is 16.8. The molecule has 0 saturated carbocycles. The summed E-state index contributed by atoms with van der Waals surface area (Å²) < 4.78 is 0. The maximum absolute atomic E-state index is 9.09. The van der Waals surface area contributed by atoms with Crippen LogP contribution in [0.15, 0.2) is 0 Å². The predicted molar refractivity (Wildman–Crippen MR) is 45.5 cm³/mol. The number of likely N-dealkylation sites (N-methyl/N-ethyl adjacent to an activating group) is 1. The van der Waals surface area contributed by atoms with Crippen LogP contribution in [0.1, 0.15) is 6.92 Å². The third-order valence-corrected chi connectivity index (χ3v) is 1.74. The summed E-state index contributed by atoms with van der Waals surface area (Å²) in [5.41, 5.74) is 0. The molecule has 0 saturated heterocycles. The van der Waals surface area contributed by atoms with Crippen molar-refractivity contribution in [3.63, 3.8) is 0 Å². The predicted octanol–water partition coefficient (Wildman–Crippen LogP) is -1.26. The summed E-state index contributed by atoms with van der Waals surface area (Å²) in [6, 6.07) is 0. The normalized spacial score (nSPS) is 14.1. The Morgan fingerprint density at radius 1 is 1.23 bits per heavy atom. The van der Waals surface area contributed by atoms with Crippen molar-refractivity contribution < 1.29 is 20.6 Å². The minimum atomic E-state index is -0.772. The van der Waals surface area contributed by atoms with Gasteiger partial charge in [0.2, 0.25) is 0 Å². The van der Waals surface area contributed by atoms with Crippen molar-refractivity contribution in [2.24, 2.45) is 0 Å². The Morgan fingerprint density at radius 3 is 2.23 bits per heavy atom. The zero-order valence-corrected chi connectivity index (χ0v) is 7.80. The molecule has 1 atom stereocenters. The Bertz CT molecular complexity index is 123. The summed E-state index contributed by atoms with van der Waals surface area (Å²) >= 11 is 0. The van der Waals surface area contributed by atoms with Crippen molar-refractivity contribution in [3.05, 3.63) is 0 Å². The van der Waals surface area contributed by atoms with Gasteiger partial charge < -0.3 is 10.2 Å². The van der Waals surface area contributed by atoms with Gasteiger partial charge in [0.05, 0.1) is 19.3 Å². The Labute approximate surface area is 77.5 Å². The third kappa shape index (κ3) is 6.88. The van der Waals surface area contributed by atoms with Crippen molar-refractivity contribution in [1.82, 2.24) is 10.1 Å². The van der Waals surface area contributed by atoms with Crippen LogP contribution in [0.4, 0.5) is 0 Å². The molecule has 6 nitrogen and oxygen atoms in total. The Hall–Kier alpha value is -0.240. The second-order valence-electron chi connectivity index (χ2n) is 2.83. The number of hydrogen-bond acceptors (Lipinski definition) is 6. The fourth-order valence-electron chi connectivity index (χ4n) is 0.965. The zero-order valence-electron chi connectivity index (χ0n) is 7.80. The van der Waals surface area contributed by atoms with E-state index in [2.05, 4.69) is 0 Å². The van der Waals surface area contributed by atoms with Crippen LogP contribution in [0.2, 0.25) is 0 Å². The van der Waals surface area contributed by atoms with Gasteiger partial charge in [-0.1, -0.05) is 12.2 Å². The lowest BCUT2D eigenvalue weighted by Gasteiger charge is -2.23. The van der Waals surface area contributed by atoms with E-state index in [9.17, 15) is 0 Å². The van der Waals surface area contributed by atoms with E-state index in [0.717, 1.165) is 0 Å². The van der Waals surface area contributed by atoms with Gasteiger partial charge in [-0.3, -0.25) is 15.3 Å². The highest BCUT2D eigenvalue weighted by Gasteiger charge is 2.09. The summed E-state index contributed by atoms with van der Waals surface area (Å²) in [7, 11) is 0. The largest absolute Gasteiger partial charge is 0.394 e. The summed E-state index contributed by atoms with van der Waals surface area (Å²) in [4.78, 5) is 1.81. The first-order valence-electron chi connectivity index (χ1n) is 4.26. The topological polar surface area (TPSA) is 87.4 Å². The lowest BCUT2D eigenvalue weighted by atomic mass is 10.3. The molecule has 0 bridgehead atoms. The van der Waals surface area contributed by atoms with Gasteiger partial charge in [-0.15, -0.1) is 0 Å². The van der Waals surface area contributed by atoms with Crippen LogP contribution in [0.25, 0.3) is 0 Å². The minimum Gasteiger partial charge on any atom is -0.394 e. The molecule has 0 radical (unpaired) electrons. The van der Waals surface area contributed by atoms with E-state index in [4.69, 9.17) is 20.6 Å². The molecule has 0 aliphatic rings. The second kappa shape index (κ2) is 7.19. The number of hydrogen-bond donors (Lipinski definition) is 4. The van der Waals surface area contributed by atoms with Crippen molar-refractivity contribution in [1.29, 1.82) is 0 Å². The van der Waals surface area contributed by atoms with Gasteiger partial charge in [-0.05, 0) is 6.54 Å². The average molecular weight is 194 g/mol. The summed E-state index contributed by atoms with van der Waals surface area (Å²) in [6.45, 7) is 3.15. The number of nitrogens with zero attached hydrogens (tertiary/aromatic N) is 2. The zero-order chi connectivity index (χ0) is 10.3. The van der Waals surface area contributed by atoms with Gasteiger partial charge in [0.15, 0.2) is 0 Å².